The SMILES string of the molecule is Cc1cc(-c2cc(C(=O)N3CCC(c4c[nH]c5ncccc45)CC3)c3c(C)noc3n2)c(C)o1. The molecule has 8 nitrogen and oxygen atoms in total. The number of aryl methyl sites for hydroxylation is 3. The van der Waals surface area contributed by atoms with Crippen molar-refractivity contribution in [2.75, 3.05) is 13.1 Å². The Kier molecular flexibility index (Phi) is 4.76. The van der Waals surface area contributed by atoms with Gasteiger partial charge in [-0.25, -0.2) is 9.97 Å². The van der Waals surface area contributed by atoms with Crippen LogP contribution in [0.15, 0.2) is 45.6 Å². The van der Waals surface area contributed by atoms with Crippen LogP contribution in [0, 0.1) is 20.8 Å². The number of H-pyrrole nitrogens is 1. The van der Waals surface area contributed by atoms with Gasteiger partial charge < -0.3 is 18.8 Å². The van der Waals surface area contributed by atoms with Crippen LogP contribution in [0.25, 0.3) is 33.4 Å². The normalized spacial score (nSPS) is 15.0. The fourth-order valence-corrected chi connectivity index (χ4v) is 5.17. The van der Waals surface area contributed by atoms with Gasteiger partial charge in [-0.15, -0.1) is 0 Å². The third kappa shape index (κ3) is 3.29. The summed E-state index contributed by atoms with van der Waals surface area (Å²) < 4.78 is 11.2. The molecule has 0 atom stereocenters. The lowest BCUT2D eigenvalue weighted by Crippen LogP contribution is -2.38. The predicted octanol–water partition coefficient (Wildman–Crippen LogP) is 5.30. The summed E-state index contributed by atoms with van der Waals surface area (Å²) in [7, 11) is 0. The Hall–Kier alpha value is -3.94. The van der Waals surface area contributed by atoms with Crippen LogP contribution in [-0.4, -0.2) is 44.0 Å². The minimum Gasteiger partial charge on any atom is -0.466 e. The van der Waals surface area contributed by atoms with Crippen LogP contribution in [0.3, 0.4) is 0 Å². The number of rotatable bonds is 3. The van der Waals surface area contributed by atoms with Gasteiger partial charge in [0.15, 0.2) is 0 Å². The van der Waals surface area contributed by atoms with Crippen LogP contribution in [0.1, 0.15) is 51.9 Å². The van der Waals surface area contributed by atoms with Crippen LogP contribution in [0.2, 0.25) is 0 Å². The summed E-state index contributed by atoms with van der Waals surface area (Å²) in [6.45, 7) is 7.00. The van der Waals surface area contributed by atoms with Crippen molar-refractivity contribution >= 4 is 28.0 Å². The molecule has 1 aliphatic rings. The molecular weight excluding hydrogens is 430 g/mol. The molecule has 1 aliphatic heterocycles. The number of piperidine rings is 1. The van der Waals surface area contributed by atoms with Crippen molar-refractivity contribution in [1.82, 2.24) is 25.0 Å². The van der Waals surface area contributed by atoms with E-state index in [0.29, 0.717) is 47.1 Å². The zero-order valence-corrected chi connectivity index (χ0v) is 19.4. The second kappa shape index (κ2) is 7.83. The Bertz CT molecular complexity index is 1530. The molecule has 34 heavy (non-hydrogen) atoms. The molecule has 0 radical (unpaired) electrons. The third-order valence-electron chi connectivity index (χ3n) is 6.87. The van der Waals surface area contributed by atoms with Gasteiger partial charge in [0.2, 0.25) is 0 Å². The Morgan fingerprint density at radius 2 is 2.00 bits per heavy atom. The van der Waals surface area contributed by atoms with Gasteiger partial charge in [-0.05, 0) is 69.4 Å². The van der Waals surface area contributed by atoms with Crippen LogP contribution in [0.4, 0.5) is 0 Å². The quantitative estimate of drug-likeness (QED) is 0.396. The molecule has 6 heterocycles. The predicted molar refractivity (Wildman–Crippen MR) is 128 cm³/mol. The number of amides is 1. The molecule has 0 aromatic carbocycles. The Balaban J connectivity index is 1.31. The topological polar surface area (TPSA) is 101 Å². The number of likely N-dealkylation sites (tertiary alicyclic amines) is 1. The minimum atomic E-state index is -0.0168. The lowest BCUT2D eigenvalue weighted by Gasteiger charge is -2.32. The van der Waals surface area contributed by atoms with Crippen molar-refractivity contribution < 1.29 is 13.7 Å². The number of aromatic nitrogens is 4. The first kappa shape index (κ1) is 20.7. The fraction of sp³-hybridized carbons (Fsp3) is 0.308. The van der Waals surface area contributed by atoms with E-state index in [-0.39, 0.29) is 5.91 Å². The minimum absolute atomic E-state index is 0.0168. The first-order chi connectivity index (χ1) is 16.5. The van der Waals surface area contributed by atoms with Crippen molar-refractivity contribution in [3.63, 3.8) is 0 Å². The molecule has 1 amide bonds. The van der Waals surface area contributed by atoms with E-state index in [1.807, 2.05) is 43.9 Å². The van der Waals surface area contributed by atoms with Crippen LogP contribution >= 0.6 is 0 Å². The Morgan fingerprint density at radius 3 is 2.76 bits per heavy atom. The van der Waals surface area contributed by atoms with E-state index in [4.69, 9.17) is 8.94 Å². The highest BCUT2D eigenvalue weighted by Crippen LogP contribution is 2.35. The average molecular weight is 456 g/mol. The molecule has 172 valence electrons. The van der Waals surface area contributed by atoms with Crippen molar-refractivity contribution in [2.24, 2.45) is 0 Å². The van der Waals surface area contributed by atoms with E-state index < -0.39 is 0 Å². The molecule has 1 fully saturated rings. The molecule has 1 saturated heterocycles. The lowest BCUT2D eigenvalue weighted by molar-refractivity contribution is 0.0715. The van der Waals surface area contributed by atoms with Gasteiger partial charge in [0, 0.05) is 36.4 Å². The molecule has 0 spiro atoms. The van der Waals surface area contributed by atoms with Gasteiger partial charge >= 0.3 is 0 Å². The highest BCUT2D eigenvalue weighted by Gasteiger charge is 2.29. The molecule has 0 saturated carbocycles. The van der Waals surface area contributed by atoms with Crippen LogP contribution < -0.4 is 0 Å². The number of nitrogens with one attached hydrogen (secondary N) is 1. The summed E-state index contributed by atoms with van der Waals surface area (Å²) in [6.07, 6.45) is 5.66. The highest BCUT2D eigenvalue weighted by atomic mass is 16.5. The number of fused-ring (bicyclic) bond motifs is 2. The maximum atomic E-state index is 13.7. The van der Waals surface area contributed by atoms with Crippen LogP contribution in [0.5, 0.6) is 0 Å². The molecule has 1 N–H and O–H groups in total. The van der Waals surface area contributed by atoms with Crippen LogP contribution in [-0.2, 0) is 0 Å². The number of hydrogen-bond donors (Lipinski definition) is 1. The summed E-state index contributed by atoms with van der Waals surface area (Å²) in [5, 5.41) is 5.92. The van der Waals surface area contributed by atoms with E-state index in [0.717, 1.165) is 35.6 Å². The summed E-state index contributed by atoms with van der Waals surface area (Å²) in [5.74, 6) is 1.93. The lowest BCUT2D eigenvalue weighted by atomic mass is 9.89. The first-order valence-electron chi connectivity index (χ1n) is 11.6. The molecule has 0 bridgehead atoms. The van der Waals surface area contributed by atoms with Gasteiger partial charge in [0.25, 0.3) is 11.6 Å². The van der Waals surface area contributed by atoms with Crippen molar-refractivity contribution in [1.29, 1.82) is 0 Å². The second-order valence-electron chi connectivity index (χ2n) is 9.04. The maximum absolute atomic E-state index is 13.7. The van der Waals surface area contributed by atoms with E-state index in [1.54, 1.807) is 6.20 Å². The summed E-state index contributed by atoms with van der Waals surface area (Å²) >= 11 is 0. The first-order valence-corrected chi connectivity index (χ1v) is 11.6. The molecule has 8 heteroatoms. The Labute approximate surface area is 196 Å². The van der Waals surface area contributed by atoms with Gasteiger partial charge in [-0.1, -0.05) is 5.16 Å². The molecule has 0 aliphatic carbocycles. The number of nitrogens with zero attached hydrogens (tertiary/aromatic N) is 4. The van der Waals surface area contributed by atoms with Crippen molar-refractivity contribution in [3.05, 3.63) is 65.0 Å². The maximum Gasteiger partial charge on any atom is 0.259 e. The highest BCUT2D eigenvalue weighted by molar-refractivity contribution is 6.07. The zero-order chi connectivity index (χ0) is 23.4. The number of pyridine rings is 2. The smallest absolute Gasteiger partial charge is 0.259 e. The molecular formula is C26H25N5O3. The molecule has 6 rings (SSSR count). The van der Waals surface area contributed by atoms with Gasteiger partial charge in [0.1, 0.15) is 17.2 Å². The molecule has 0 unspecified atom stereocenters. The second-order valence-corrected chi connectivity index (χ2v) is 9.04. The monoisotopic (exact) mass is 455 g/mol. The van der Waals surface area contributed by atoms with Gasteiger partial charge in [-0.2, -0.15) is 0 Å². The summed E-state index contributed by atoms with van der Waals surface area (Å²) in [5.41, 5.74) is 5.32. The summed E-state index contributed by atoms with van der Waals surface area (Å²) in [4.78, 5) is 28.0. The number of furan rings is 1. The van der Waals surface area contributed by atoms with E-state index in [9.17, 15) is 4.79 Å². The number of carbonyl (C=O) groups excluding carboxylic acids is 1. The number of hydrogen-bond acceptors (Lipinski definition) is 6. The van der Waals surface area contributed by atoms with E-state index in [2.05, 4.69) is 32.4 Å². The summed E-state index contributed by atoms with van der Waals surface area (Å²) in [6, 6.07) is 7.86. The molecule has 5 aromatic heterocycles. The van der Waals surface area contributed by atoms with Gasteiger partial charge in [0.05, 0.1) is 22.3 Å². The number of carbonyl (C=O) groups is 1. The standard InChI is InChI=1S/C26H25N5O3/c1-14-11-19(16(3)33-14)22-12-20(23-15(2)30-34-25(23)29-22)26(32)31-9-6-17(7-10-31)21-13-28-24-18(21)5-4-8-27-24/h4-5,8,11-13,17H,6-7,9-10H2,1-3H3,(H,27,28). The third-order valence-corrected chi connectivity index (χ3v) is 6.87. The average Bonchev–Trinajstić information content (AvgIpc) is 3.54. The van der Waals surface area contributed by atoms with E-state index >= 15 is 0 Å². The fourth-order valence-electron chi connectivity index (χ4n) is 5.17. The largest absolute Gasteiger partial charge is 0.466 e. The number of aromatic amines is 1. The van der Waals surface area contributed by atoms with Crippen molar-refractivity contribution in [2.45, 2.75) is 39.5 Å². The van der Waals surface area contributed by atoms with E-state index in [1.165, 1.54) is 10.9 Å². The Morgan fingerprint density at radius 1 is 1.18 bits per heavy atom. The van der Waals surface area contributed by atoms with Crippen molar-refractivity contribution in [3.8, 4) is 11.3 Å². The zero-order valence-electron chi connectivity index (χ0n) is 19.4. The molecule has 5 aromatic rings. The van der Waals surface area contributed by atoms with Gasteiger partial charge in [-0.3, -0.25) is 4.79 Å².